The summed E-state index contributed by atoms with van der Waals surface area (Å²) in [7, 11) is 0. The minimum Gasteiger partial charge on any atom is -0.459 e. The predicted octanol–water partition coefficient (Wildman–Crippen LogP) is 3.10. The summed E-state index contributed by atoms with van der Waals surface area (Å²) in [5, 5.41) is 0. The summed E-state index contributed by atoms with van der Waals surface area (Å²) in [5.74, 6) is 0.249. The molecule has 0 bridgehead atoms. The largest absolute Gasteiger partial charge is 0.459 e. The minimum absolute atomic E-state index is 0.233. The molecule has 1 aromatic heterocycles. The van der Waals surface area contributed by atoms with Gasteiger partial charge in [0.2, 0.25) is 0 Å². The molecule has 0 aliphatic carbocycles. The average Bonchev–Trinajstić information content (AvgIpc) is 3.08. The smallest absolute Gasteiger partial charge is 0.324 e. The Balaban J connectivity index is 2.01. The van der Waals surface area contributed by atoms with Crippen LogP contribution in [0.4, 0.5) is 5.69 Å². The van der Waals surface area contributed by atoms with Crippen LogP contribution < -0.4 is 4.90 Å². The van der Waals surface area contributed by atoms with Crippen LogP contribution in [0, 0.1) is 13.8 Å². The van der Waals surface area contributed by atoms with Crippen LogP contribution in [0.25, 0.3) is 0 Å². The van der Waals surface area contributed by atoms with Gasteiger partial charge in [-0.1, -0.05) is 18.2 Å². The van der Waals surface area contributed by atoms with E-state index in [1.165, 1.54) is 0 Å². The Kier molecular flexibility index (Phi) is 4.80. The molecule has 0 saturated carbocycles. The number of aromatic amines is 1. The van der Waals surface area contributed by atoms with Gasteiger partial charge in [0.15, 0.2) is 5.41 Å². The topological polar surface area (TPSA) is 67.4 Å². The zero-order chi connectivity index (χ0) is 18.9. The fraction of sp³-hybridized carbons (Fsp3) is 0.500. The standard InChI is InChI=1S/C20H27N3O3/c1-14-7-6-8-15(2)16(14)23-11-20(12-25-13-23,17-21-9-10-22-17)18(24)26-19(3,4)5/h6-10H,11-13H2,1-5H3,(H,21,22). The molecular weight excluding hydrogens is 330 g/mol. The van der Waals surface area contributed by atoms with Gasteiger partial charge in [-0.25, -0.2) is 4.98 Å². The predicted molar refractivity (Wildman–Crippen MR) is 100 cm³/mol. The highest BCUT2D eigenvalue weighted by molar-refractivity contribution is 5.84. The van der Waals surface area contributed by atoms with Crippen LogP contribution in [0.5, 0.6) is 0 Å². The highest BCUT2D eigenvalue weighted by Crippen LogP contribution is 2.35. The van der Waals surface area contributed by atoms with Crippen molar-refractivity contribution in [3.63, 3.8) is 0 Å². The third kappa shape index (κ3) is 3.46. The number of hydrogen-bond acceptors (Lipinski definition) is 5. The maximum absolute atomic E-state index is 13.2. The van der Waals surface area contributed by atoms with E-state index in [0.29, 0.717) is 19.1 Å². The number of anilines is 1. The number of aromatic nitrogens is 2. The van der Waals surface area contributed by atoms with Crippen LogP contribution in [0.15, 0.2) is 30.6 Å². The van der Waals surface area contributed by atoms with Crippen LogP contribution in [0.3, 0.4) is 0 Å². The maximum Gasteiger partial charge on any atom is 0.324 e. The number of H-pyrrole nitrogens is 1. The molecule has 26 heavy (non-hydrogen) atoms. The Morgan fingerprint density at radius 2 is 2.00 bits per heavy atom. The number of carbonyl (C=O) groups excluding carboxylic acids is 1. The summed E-state index contributed by atoms with van der Waals surface area (Å²) in [6.45, 7) is 10.8. The molecule has 1 unspecified atom stereocenters. The first kappa shape index (κ1) is 18.5. The van der Waals surface area contributed by atoms with Crippen molar-refractivity contribution in [2.75, 3.05) is 24.8 Å². The molecule has 6 heteroatoms. The lowest BCUT2D eigenvalue weighted by molar-refractivity contribution is -0.166. The quantitative estimate of drug-likeness (QED) is 0.855. The van der Waals surface area contributed by atoms with Gasteiger partial charge in [-0.2, -0.15) is 0 Å². The zero-order valence-corrected chi connectivity index (χ0v) is 16.1. The first-order chi connectivity index (χ1) is 12.2. The molecule has 0 radical (unpaired) electrons. The highest BCUT2D eigenvalue weighted by atomic mass is 16.6. The van der Waals surface area contributed by atoms with Crippen LogP contribution in [-0.4, -0.2) is 41.4 Å². The molecule has 2 heterocycles. The Morgan fingerprint density at radius 1 is 1.31 bits per heavy atom. The lowest BCUT2D eigenvalue weighted by Gasteiger charge is -2.42. The van der Waals surface area contributed by atoms with Crippen molar-refractivity contribution >= 4 is 11.7 Å². The van der Waals surface area contributed by atoms with Crippen molar-refractivity contribution in [1.82, 2.24) is 9.97 Å². The van der Waals surface area contributed by atoms with E-state index in [9.17, 15) is 4.79 Å². The van der Waals surface area contributed by atoms with Gasteiger partial charge in [0.25, 0.3) is 0 Å². The third-order valence-corrected chi connectivity index (χ3v) is 4.55. The van der Waals surface area contributed by atoms with Gasteiger partial charge in [0, 0.05) is 24.6 Å². The summed E-state index contributed by atoms with van der Waals surface area (Å²) < 4.78 is 11.6. The normalized spacial score (nSPS) is 20.9. The number of hydrogen-bond donors (Lipinski definition) is 1. The fourth-order valence-electron chi connectivity index (χ4n) is 3.46. The van der Waals surface area contributed by atoms with E-state index in [2.05, 4.69) is 40.8 Å². The zero-order valence-electron chi connectivity index (χ0n) is 16.1. The van der Waals surface area contributed by atoms with E-state index < -0.39 is 11.0 Å². The van der Waals surface area contributed by atoms with Crippen molar-refractivity contribution in [1.29, 1.82) is 0 Å². The van der Waals surface area contributed by atoms with Crippen LogP contribution in [0.2, 0.25) is 0 Å². The molecule has 1 fully saturated rings. The number of rotatable bonds is 3. The van der Waals surface area contributed by atoms with Gasteiger partial charge in [-0.05, 0) is 45.7 Å². The average molecular weight is 357 g/mol. The fourth-order valence-corrected chi connectivity index (χ4v) is 3.46. The Morgan fingerprint density at radius 3 is 2.58 bits per heavy atom. The minimum atomic E-state index is -0.996. The SMILES string of the molecule is Cc1cccc(C)c1N1COCC(C(=O)OC(C)(C)C)(c2ncc[nH]2)C1. The van der Waals surface area contributed by atoms with E-state index in [4.69, 9.17) is 9.47 Å². The van der Waals surface area contributed by atoms with E-state index in [0.717, 1.165) is 16.8 Å². The number of carbonyl (C=O) groups is 1. The Hall–Kier alpha value is -2.34. The summed E-state index contributed by atoms with van der Waals surface area (Å²) in [4.78, 5) is 22.8. The molecule has 1 saturated heterocycles. The van der Waals surface area contributed by atoms with Gasteiger partial charge < -0.3 is 19.4 Å². The Labute approximate surface area is 154 Å². The number of nitrogens with one attached hydrogen (secondary N) is 1. The molecule has 1 atom stereocenters. The number of imidazole rings is 1. The van der Waals surface area contributed by atoms with Gasteiger partial charge in [-0.3, -0.25) is 4.79 Å². The number of aryl methyl sites for hydroxylation is 2. The lowest BCUT2D eigenvalue weighted by atomic mass is 9.85. The summed E-state index contributed by atoms with van der Waals surface area (Å²) in [6, 6.07) is 6.17. The molecule has 1 N–H and O–H groups in total. The van der Waals surface area contributed by atoms with Crippen molar-refractivity contribution in [3.05, 3.63) is 47.5 Å². The molecule has 3 rings (SSSR count). The maximum atomic E-state index is 13.2. The molecule has 1 aliphatic heterocycles. The summed E-state index contributed by atoms with van der Waals surface area (Å²) in [5.41, 5.74) is 1.80. The molecule has 140 valence electrons. The molecule has 1 aromatic carbocycles. The van der Waals surface area contributed by atoms with Crippen molar-refractivity contribution in [2.45, 2.75) is 45.6 Å². The molecule has 1 aliphatic rings. The number of esters is 1. The molecule has 2 aromatic rings. The second kappa shape index (κ2) is 6.76. The highest BCUT2D eigenvalue weighted by Gasteiger charge is 2.50. The lowest BCUT2D eigenvalue weighted by Crippen LogP contribution is -2.57. The monoisotopic (exact) mass is 357 g/mol. The van der Waals surface area contributed by atoms with Crippen LogP contribution in [-0.2, 0) is 19.7 Å². The second-order valence-electron chi connectivity index (χ2n) is 7.94. The number of nitrogens with zero attached hydrogens (tertiary/aromatic N) is 2. The molecule has 6 nitrogen and oxygen atoms in total. The molecule has 0 spiro atoms. The van der Waals surface area contributed by atoms with E-state index in [1.54, 1.807) is 12.4 Å². The third-order valence-electron chi connectivity index (χ3n) is 4.55. The first-order valence-electron chi connectivity index (χ1n) is 8.85. The molecule has 0 amide bonds. The first-order valence-corrected chi connectivity index (χ1v) is 8.85. The number of ether oxygens (including phenoxy) is 2. The van der Waals surface area contributed by atoms with E-state index in [1.807, 2.05) is 26.8 Å². The summed E-state index contributed by atoms with van der Waals surface area (Å²) in [6.07, 6.45) is 3.37. The Bertz CT molecular complexity index is 760. The van der Waals surface area contributed by atoms with Gasteiger partial charge in [0.1, 0.15) is 18.2 Å². The van der Waals surface area contributed by atoms with Crippen molar-refractivity contribution in [2.24, 2.45) is 0 Å². The van der Waals surface area contributed by atoms with Gasteiger partial charge in [0.05, 0.1) is 6.61 Å². The van der Waals surface area contributed by atoms with Crippen molar-refractivity contribution in [3.8, 4) is 0 Å². The van der Waals surface area contributed by atoms with Gasteiger partial charge in [-0.15, -0.1) is 0 Å². The molecular formula is C20H27N3O3. The van der Waals surface area contributed by atoms with Crippen molar-refractivity contribution < 1.29 is 14.3 Å². The van der Waals surface area contributed by atoms with Crippen LogP contribution in [0.1, 0.15) is 37.7 Å². The number of benzene rings is 1. The van der Waals surface area contributed by atoms with E-state index >= 15 is 0 Å². The van der Waals surface area contributed by atoms with Crippen LogP contribution >= 0.6 is 0 Å². The van der Waals surface area contributed by atoms with Gasteiger partial charge >= 0.3 is 5.97 Å². The second-order valence-corrected chi connectivity index (χ2v) is 7.94. The number of para-hydroxylation sites is 1. The van der Waals surface area contributed by atoms with E-state index in [-0.39, 0.29) is 12.6 Å². The summed E-state index contributed by atoms with van der Waals surface area (Å²) >= 11 is 0.